The van der Waals surface area contributed by atoms with Gasteiger partial charge in [0.15, 0.2) is 0 Å². The predicted molar refractivity (Wildman–Crippen MR) is 48.3 cm³/mol. The molecule has 5 nitrogen and oxygen atoms in total. The Morgan fingerprint density at radius 3 is 2.92 bits per heavy atom. The number of hydrogen-bond acceptors (Lipinski definition) is 3. The SMILES string of the molecule is CC(C)=CCn1cc([N+](=O)[O-])cn1. The van der Waals surface area contributed by atoms with E-state index in [0.29, 0.717) is 6.54 Å². The van der Waals surface area contributed by atoms with Crippen molar-refractivity contribution in [1.29, 1.82) is 0 Å². The van der Waals surface area contributed by atoms with Crippen LogP contribution in [0.4, 0.5) is 5.69 Å². The summed E-state index contributed by atoms with van der Waals surface area (Å²) in [6, 6.07) is 0. The maximum absolute atomic E-state index is 10.3. The highest BCUT2D eigenvalue weighted by Crippen LogP contribution is 2.07. The molecule has 1 aromatic heterocycles. The van der Waals surface area contributed by atoms with Gasteiger partial charge >= 0.3 is 5.69 Å². The van der Waals surface area contributed by atoms with Crippen molar-refractivity contribution in [2.45, 2.75) is 20.4 Å². The summed E-state index contributed by atoms with van der Waals surface area (Å²) in [6.45, 7) is 4.52. The molecule has 0 unspecified atom stereocenters. The minimum atomic E-state index is -0.452. The fraction of sp³-hybridized carbons (Fsp3) is 0.375. The first-order valence-corrected chi connectivity index (χ1v) is 3.90. The summed E-state index contributed by atoms with van der Waals surface area (Å²) >= 11 is 0. The summed E-state index contributed by atoms with van der Waals surface area (Å²) in [5, 5.41) is 14.1. The smallest absolute Gasteiger partial charge is 0.262 e. The summed E-state index contributed by atoms with van der Waals surface area (Å²) in [4.78, 5) is 9.84. The molecule has 0 fully saturated rings. The minimum Gasteiger partial charge on any atom is -0.262 e. The van der Waals surface area contributed by atoms with Gasteiger partial charge in [-0.3, -0.25) is 14.8 Å². The van der Waals surface area contributed by atoms with E-state index < -0.39 is 4.92 Å². The fourth-order valence-corrected chi connectivity index (χ4v) is 0.823. The molecular formula is C8H11N3O2. The normalized spacial score (nSPS) is 9.69. The lowest BCUT2D eigenvalue weighted by Crippen LogP contribution is -1.95. The van der Waals surface area contributed by atoms with Crippen LogP contribution in [0.2, 0.25) is 0 Å². The molecule has 0 atom stereocenters. The number of aromatic nitrogens is 2. The monoisotopic (exact) mass is 181 g/mol. The van der Waals surface area contributed by atoms with Gasteiger partial charge in [0, 0.05) is 0 Å². The molecule has 0 bridgehead atoms. The van der Waals surface area contributed by atoms with E-state index in [-0.39, 0.29) is 5.69 Å². The zero-order valence-electron chi connectivity index (χ0n) is 7.60. The molecule has 0 saturated heterocycles. The van der Waals surface area contributed by atoms with Crippen molar-refractivity contribution in [3.8, 4) is 0 Å². The Balaban J connectivity index is 2.70. The van der Waals surface area contributed by atoms with Crippen LogP contribution in [0.15, 0.2) is 24.0 Å². The molecule has 5 heteroatoms. The number of nitrogens with zero attached hydrogens (tertiary/aromatic N) is 3. The third kappa shape index (κ3) is 2.70. The lowest BCUT2D eigenvalue weighted by molar-refractivity contribution is -0.385. The Morgan fingerprint density at radius 1 is 1.77 bits per heavy atom. The molecule has 0 aliphatic heterocycles. The Labute approximate surface area is 75.8 Å². The second kappa shape index (κ2) is 3.84. The van der Waals surface area contributed by atoms with Crippen LogP contribution in [0, 0.1) is 10.1 Å². The van der Waals surface area contributed by atoms with Crippen LogP contribution in [0.5, 0.6) is 0 Å². The van der Waals surface area contributed by atoms with Crippen molar-refractivity contribution < 1.29 is 4.92 Å². The quantitative estimate of drug-likeness (QED) is 0.405. The standard InChI is InChI=1S/C8H11N3O2/c1-7(2)3-4-10-6-8(5-9-10)11(12)13/h3,5-6H,4H2,1-2H3. The van der Waals surface area contributed by atoms with Gasteiger partial charge in [-0.15, -0.1) is 0 Å². The first-order chi connectivity index (χ1) is 6.09. The molecular weight excluding hydrogens is 170 g/mol. The summed E-state index contributed by atoms with van der Waals surface area (Å²) in [5.74, 6) is 0. The summed E-state index contributed by atoms with van der Waals surface area (Å²) in [6.07, 6.45) is 4.62. The summed E-state index contributed by atoms with van der Waals surface area (Å²) in [5.41, 5.74) is 1.19. The van der Waals surface area contributed by atoms with Crippen LogP contribution < -0.4 is 0 Å². The first-order valence-electron chi connectivity index (χ1n) is 3.90. The first kappa shape index (κ1) is 9.44. The van der Waals surface area contributed by atoms with Gasteiger partial charge in [0.25, 0.3) is 0 Å². The topological polar surface area (TPSA) is 61.0 Å². The largest absolute Gasteiger partial charge is 0.307 e. The van der Waals surface area contributed by atoms with Crippen LogP contribution >= 0.6 is 0 Å². The third-order valence-corrected chi connectivity index (χ3v) is 1.52. The maximum Gasteiger partial charge on any atom is 0.307 e. The second-order valence-electron chi connectivity index (χ2n) is 2.96. The number of nitro groups is 1. The number of hydrogen-bond donors (Lipinski definition) is 0. The van der Waals surface area contributed by atoms with Gasteiger partial charge in [-0.05, 0) is 13.8 Å². The number of allylic oxidation sites excluding steroid dienone is 2. The van der Waals surface area contributed by atoms with Gasteiger partial charge in [0.05, 0.1) is 11.5 Å². The maximum atomic E-state index is 10.3. The van der Waals surface area contributed by atoms with E-state index in [1.807, 2.05) is 19.9 Å². The molecule has 0 N–H and O–H groups in total. The van der Waals surface area contributed by atoms with Gasteiger partial charge < -0.3 is 0 Å². The second-order valence-corrected chi connectivity index (χ2v) is 2.96. The van der Waals surface area contributed by atoms with Gasteiger partial charge in [0.2, 0.25) is 0 Å². The number of rotatable bonds is 3. The van der Waals surface area contributed by atoms with Crippen LogP contribution in [-0.2, 0) is 6.54 Å². The van der Waals surface area contributed by atoms with Crippen LogP contribution in [-0.4, -0.2) is 14.7 Å². The molecule has 0 spiro atoms. The highest BCUT2D eigenvalue weighted by Gasteiger charge is 2.07. The average Bonchev–Trinajstić information content (AvgIpc) is 2.48. The Kier molecular flexibility index (Phi) is 2.79. The van der Waals surface area contributed by atoms with Crippen molar-refractivity contribution in [3.05, 3.63) is 34.2 Å². The van der Waals surface area contributed by atoms with Crippen LogP contribution in [0.3, 0.4) is 0 Å². The van der Waals surface area contributed by atoms with Crippen molar-refractivity contribution in [2.75, 3.05) is 0 Å². The summed E-state index contributed by atoms with van der Waals surface area (Å²) < 4.78 is 1.53. The van der Waals surface area contributed by atoms with Crippen molar-refractivity contribution in [1.82, 2.24) is 9.78 Å². The van der Waals surface area contributed by atoms with E-state index in [2.05, 4.69) is 5.10 Å². The molecule has 13 heavy (non-hydrogen) atoms. The Hall–Kier alpha value is -1.65. The van der Waals surface area contributed by atoms with Gasteiger partial charge in [-0.2, -0.15) is 5.10 Å². The molecule has 0 aliphatic rings. The zero-order valence-corrected chi connectivity index (χ0v) is 7.60. The van der Waals surface area contributed by atoms with E-state index in [4.69, 9.17) is 0 Å². The minimum absolute atomic E-state index is 0.0298. The highest BCUT2D eigenvalue weighted by molar-refractivity contribution is 5.20. The summed E-state index contributed by atoms with van der Waals surface area (Å²) in [7, 11) is 0. The molecule has 0 aliphatic carbocycles. The predicted octanol–water partition coefficient (Wildman–Crippen LogP) is 1.76. The van der Waals surface area contributed by atoms with Crippen molar-refractivity contribution in [3.63, 3.8) is 0 Å². The third-order valence-electron chi connectivity index (χ3n) is 1.52. The molecule has 1 rings (SSSR count). The highest BCUT2D eigenvalue weighted by atomic mass is 16.6. The van der Waals surface area contributed by atoms with E-state index in [1.165, 1.54) is 17.1 Å². The lowest BCUT2D eigenvalue weighted by Gasteiger charge is -1.93. The van der Waals surface area contributed by atoms with Crippen molar-refractivity contribution >= 4 is 5.69 Å². The molecule has 70 valence electrons. The lowest BCUT2D eigenvalue weighted by atomic mass is 10.3. The molecule has 1 aromatic rings. The Morgan fingerprint density at radius 2 is 2.46 bits per heavy atom. The zero-order chi connectivity index (χ0) is 9.84. The van der Waals surface area contributed by atoms with E-state index in [9.17, 15) is 10.1 Å². The van der Waals surface area contributed by atoms with Crippen molar-refractivity contribution in [2.24, 2.45) is 0 Å². The van der Waals surface area contributed by atoms with Crippen LogP contribution in [0.25, 0.3) is 0 Å². The molecule has 0 saturated carbocycles. The molecule has 1 heterocycles. The van der Waals surface area contributed by atoms with E-state index in [0.717, 1.165) is 5.57 Å². The fourth-order valence-electron chi connectivity index (χ4n) is 0.823. The van der Waals surface area contributed by atoms with E-state index >= 15 is 0 Å². The average molecular weight is 181 g/mol. The Bertz CT molecular complexity index is 337. The van der Waals surface area contributed by atoms with E-state index in [1.54, 1.807) is 0 Å². The molecule has 0 radical (unpaired) electrons. The van der Waals surface area contributed by atoms with Gasteiger partial charge in [-0.1, -0.05) is 11.6 Å². The molecule has 0 amide bonds. The van der Waals surface area contributed by atoms with Gasteiger partial charge in [0.1, 0.15) is 12.4 Å². The van der Waals surface area contributed by atoms with Gasteiger partial charge in [-0.25, -0.2) is 0 Å². The van der Waals surface area contributed by atoms with Crippen LogP contribution in [0.1, 0.15) is 13.8 Å². The molecule has 0 aromatic carbocycles.